The van der Waals surface area contributed by atoms with E-state index in [9.17, 15) is 19.5 Å². The van der Waals surface area contributed by atoms with Crippen LogP contribution in [-0.4, -0.2) is 59.8 Å². The molecule has 4 N–H and O–H groups in total. The van der Waals surface area contributed by atoms with Crippen molar-refractivity contribution >= 4 is 34.8 Å². The number of hydrogen-bond acceptors (Lipinski definition) is 6. The van der Waals surface area contributed by atoms with Gasteiger partial charge in [0, 0.05) is 54.4 Å². The highest BCUT2D eigenvalue weighted by Crippen LogP contribution is 2.45. The fourth-order valence-electron chi connectivity index (χ4n) is 5.82. The smallest absolute Gasteiger partial charge is 0.244 e. The summed E-state index contributed by atoms with van der Waals surface area (Å²) in [5.41, 5.74) is 4.90. The quantitative estimate of drug-likeness (QED) is 0.552. The fourth-order valence-corrected chi connectivity index (χ4v) is 5.82. The summed E-state index contributed by atoms with van der Waals surface area (Å²) in [4.78, 5) is 41.1. The maximum Gasteiger partial charge on any atom is 0.244 e. The number of rotatable bonds is 3. The standard InChI is InChI=1S/C24H25N5O4/c1-28-23(33)27-22(32)24(28)9-13-5-6-16(7-14(13)10-24)25-20(31)12-29-11-15-8-19(30)26-17-3-2-4-18(29)21(15)17/h2-7,15,23,33H,8-12H2,1H3,(H,25,31)(H,26,30)(H,27,32). The van der Waals surface area contributed by atoms with Gasteiger partial charge in [0.15, 0.2) is 6.35 Å². The SMILES string of the molecule is CN1C(O)NC(=O)C12Cc1ccc(NC(=O)CN3CC4CC(=O)Nc5cccc3c54)cc1C2. The Hall–Kier alpha value is -3.43. The van der Waals surface area contributed by atoms with Crippen molar-refractivity contribution in [2.45, 2.75) is 37.1 Å². The third kappa shape index (κ3) is 3.03. The van der Waals surface area contributed by atoms with Gasteiger partial charge in [-0.05, 0) is 42.4 Å². The molecular formula is C24H25N5O4. The number of carbonyl (C=O) groups is 3. The molecule has 6 rings (SSSR count). The van der Waals surface area contributed by atoms with Crippen molar-refractivity contribution in [2.75, 3.05) is 35.7 Å². The van der Waals surface area contributed by atoms with Gasteiger partial charge in [0.25, 0.3) is 0 Å². The Kier molecular flexibility index (Phi) is 4.30. The summed E-state index contributed by atoms with van der Waals surface area (Å²) < 4.78 is 0. The summed E-state index contributed by atoms with van der Waals surface area (Å²) >= 11 is 0. The molecule has 3 heterocycles. The van der Waals surface area contributed by atoms with Crippen molar-refractivity contribution in [3.05, 3.63) is 53.1 Å². The third-order valence-electron chi connectivity index (χ3n) is 7.49. The predicted octanol–water partition coefficient (Wildman–Crippen LogP) is 0.746. The minimum Gasteiger partial charge on any atom is -0.361 e. The summed E-state index contributed by atoms with van der Waals surface area (Å²) in [6.07, 6.45) is 0.457. The number of anilines is 3. The van der Waals surface area contributed by atoms with Gasteiger partial charge in [-0.2, -0.15) is 0 Å². The molecule has 0 saturated carbocycles. The minimum atomic E-state index is -0.986. The molecule has 3 aliphatic heterocycles. The van der Waals surface area contributed by atoms with Crippen molar-refractivity contribution < 1.29 is 19.5 Å². The van der Waals surface area contributed by atoms with Gasteiger partial charge < -0.3 is 26.0 Å². The number of aliphatic hydroxyl groups is 1. The first-order valence-electron chi connectivity index (χ1n) is 11.2. The Morgan fingerprint density at radius 3 is 2.82 bits per heavy atom. The van der Waals surface area contributed by atoms with Gasteiger partial charge >= 0.3 is 0 Å². The topological polar surface area (TPSA) is 114 Å². The van der Waals surface area contributed by atoms with Gasteiger partial charge in [-0.15, -0.1) is 0 Å². The highest BCUT2D eigenvalue weighted by Gasteiger charge is 2.54. The number of amides is 3. The van der Waals surface area contributed by atoms with Gasteiger partial charge in [-0.3, -0.25) is 14.4 Å². The Morgan fingerprint density at radius 1 is 1.21 bits per heavy atom. The second kappa shape index (κ2) is 7.03. The van der Waals surface area contributed by atoms with Gasteiger partial charge in [0.2, 0.25) is 17.7 Å². The molecule has 2 aromatic rings. The molecular weight excluding hydrogens is 422 g/mol. The summed E-state index contributed by atoms with van der Waals surface area (Å²) in [5, 5.41) is 18.5. The maximum atomic E-state index is 12.9. The van der Waals surface area contributed by atoms with E-state index in [1.165, 1.54) is 0 Å². The zero-order chi connectivity index (χ0) is 22.9. The van der Waals surface area contributed by atoms with Crippen LogP contribution in [0.3, 0.4) is 0 Å². The molecule has 1 aliphatic carbocycles. The summed E-state index contributed by atoms with van der Waals surface area (Å²) in [7, 11) is 1.74. The van der Waals surface area contributed by atoms with Gasteiger partial charge in [-0.1, -0.05) is 12.1 Å². The highest BCUT2D eigenvalue weighted by atomic mass is 16.3. The zero-order valence-corrected chi connectivity index (χ0v) is 18.2. The Bertz CT molecular complexity index is 1210. The molecule has 2 aromatic carbocycles. The molecule has 3 amide bonds. The van der Waals surface area contributed by atoms with Gasteiger partial charge in [0.05, 0.1) is 6.54 Å². The number of carbonyl (C=O) groups excluding carboxylic acids is 3. The van der Waals surface area contributed by atoms with E-state index in [0.29, 0.717) is 31.5 Å². The molecule has 0 radical (unpaired) electrons. The van der Waals surface area contributed by atoms with Crippen molar-refractivity contribution in [1.29, 1.82) is 0 Å². The molecule has 1 fully saturated rings. The molecule has 170 valence electrons. The second-order valence-corrected chi connectivity index (χ2v) is 9.44. The van der Waals surface area contributed by atoms with Crippen molar-refractivity contribution in [1.82, 2.24) is 10.2 Å². The Morgan fingerprint density at radius 2 is 2.03 bits per heavy atom. The van der Waals surface area contributed by atoms with Crippen molar-refractivity contribution in [3.63, 3.8) is 0 Å². The molecule has 9 nitrogen and oxygen atoms in total. The first-order chi connectivity index (χ1) is 15.8. The number of fused-ring (bicyclic) bond motifs is 1. The van der Waals surface area contributed by atoms with E-state index >= 15 is 0 Å². The van der Waals surface area contributed by atoms with Crippen LogP contribution in [0.5, 0.6) is 0 Å². The molecule has 33 heavy (non-hydrogen) atoms. The number of likely N-dealkylation sites (N-methyl/N-ethyl adjacent to an activating group) is 1. The predicted molar refractivity (Wildman–Crippen MR) is 122 cm³/mol. The fraction of sp³-hybridized carbons (Fsp3) is 0.375. The number of hydrogen-bond donors (Lipinski definition) is 4. The number of nitrogens with one attached hydrogen (secondary N) is 3. The summed E-state index contributed by atoms with van der Waals surface area (Å²) in [6, 6.07) is 11.5. The van der Waals surface area contributed by atoms with E-state index in [4.69, 9.17) is 0 Å². The first-order valence-corrected chi connectivity index (χ1v) is 11.2. The number of nitrogens with zero attached hydrogens (tertiary/aromatic N) is 2. The monoisotopic (exact) mass is 447 g/mol. The molecule has 3 unspecified atom stereocenters. The molecule has 3 atom stereocenters. The normalized spacial score (nSPS) is 27.4. The van der Waals surface area contributed by atoms with Crippen LogP contribution in [0.1, 0.15) is 29.0 Å². The third-order valence-corrected chi connectivity index (χ3v) is 7.49. The lowest BCUT2D eigenvalue weighted by atomic mass is 9.92. The average Bonchev–Trinajstić information content (AvgIpc) is 3.38. The van der Waals surface area contributed by atoms with E-state index in [1.807, 2.05) is 41.3 Å². The molecule has 1 saturated heterocycles. The molecule has 0 aromatic heterocycles. The lowest BCUT2D eigenvalue weighted by Crippen LogP contribution is -2.49. The molecule has 4 aliphatic rings. The van der Waals surface area contributed by atoms with Gasteiger partial charge in [0.1, 0.15) is 5.54 Å². The average molecular weight is 447 g/mol. The minimum absolute atomic E-state index is 0.0148. The first kappa shape index (κ1) is 20.2. The van der Waals surface area contributed by atoms with Crippen LogP contribution in [0, 0.1) is 0 Å². The largest absolute Gasteiger partial charge is 0.361 e. The van der Waals surface area contributed by atoms with Crippen LogP contribution in [0.2, 0.25) is 0 Å². The van der Waals surface area contributed by atoms with Crippen LogP contribution >= 0.6 is 0 Å². The van der Waals surface area contributed by atoms with Crippen LogP contribution in [0.25, 0.3) is 0 Å². The van der Waals surface area contributed by atoms with Crippen LogP contribution in [0.4, 0.5) is 17.1 Å². The zero-order valence-electron chi connectivity index (χ0n) is 18.2. The summed E-state index contributed by atoms with van der Waals surface area (Å²) in [6.45, 7) is 0.836. The van der Waals surface area contributed by atoms with Crippen molar-refractivity contribution in [3.8, 4) is 0 Å². The second-order valence-electron chi connectivity index (χ2n) is 9.44. The lowest BCUT2D eigenvalue weighted by Gasteiger charge is -2.29. The Balaban J connectivity index is 1.17. The lowest BCUT2D eigenvalue weighted by molar-refractivity contribution is -0.126. The molecule has 0 bridgehead atoms. The number of benzene rings is 2. The summed E-state index contributed by atoms with van der Waals surface area (Å²) in [5.74, 6) is -0.185. The van der Waals surface area contributed by atoms with Crippen LogP contribution in [-0.2, 0) is 27.2 Å². The number of aliphatic hydroxyl groups excluding tert-OH is 1. The molecule has 9 heteroatoms. The van der Waals surface area contributed by atoms with Crippen LogP contribution < -0.4 is 20.9 Å². The maximum absolute atomic E-state index is 12.9. The van der Waals surface area contributed by atoms with Gasteiger partial charge in [-0.25, -0.2) is 4.90 Å². The van der Waals surface area contributed by atoms with E-state index in [1.54, 1.807) is 11.9 Å². The molecule has 1 spiro atoms. The highest BCUT2D eigenvalue weighted by molar-refractivity contribution is 5.99. The van der Waals surface area contributed by atoms with E-state index < -0.39 is 11.9 Å². The van der Waals surface area contributed by atoms with Crippen LogP contribution in [0.15, 0.2) is 36.4 Å². The van der Waals surface area contributed by atoms with E-state index in [0.717, 1.165) is 28.1 Å². The van der Waals surface area contributed by atoms with E-state index in [-0.39, 0.29) is 30.2 Å². The van der Waals surface area contributed by atoms with E-state index in [2.05, 4.69) is 16.0 Å². The Labute approximate surface area is 190 Å². The van der Waals surface area contributed by atoms with Crippen molar-refractivity contribution in [2.24, 2.45) is 0 Å².